The highest BCUT2D eigenvalue weighted by Crippen LogP contribution is 2.18. The predicted octanol–water partition coefficient (Wildman–Crippen LogP) is 0.124. The standard InChI is InChI=1S/C17H28N6O4/c1-3-5-9-23-14(18)13(15(25)21-17(23)27)22(8-4-2)10-12(24)20-16(26)19-11-6-7-11/h11H,3-10,18H2,1-2H3,(H,21,25,27)(H2,19,20,24,26). The lowest BCUT2D eigenvalue weighted by Crippen LogP contribution is -2.47. The molecule has 10 nitrogen and oxygen atoms in total. The zero-order valence-electron chi connectivity index (χ0n) is 15.8. The molecule has 27 heavy (non-hydrogen) atoms. The zero-order valence-corrected chi connectivity index (χ0v) is 15.8. The van der Waals surface area contributed by atoms with Crippen molar-refractivity contribution in [1.29, 1.82) is 0 Å². The molecule has 5 N–H and O–H groups in total. The molecule has 2 rings (SSSR count). The SMILES string of the molecule is CCCCn1c(N)c(N(CCC)CC(=O)NC(=O)NC2CC2)c(=O)[nH]c1=O. The summed E-state index contributed by atoms with van der Waals surface area (Å²) in [5, 5.41) is 4.92. The van der Waals surface area contributed by atoms with Crippen LogP contribution in [0, 0.1) is 0 Å². The van der Waals surface area contributed by atoms with E-state index in [1.165, 1.54) is 9.47 Å². The van der Waals surface area contributed by atoms with Crippen LogP contribution in [0.4, 0.5) is 16.3 Å². The van der Waals surface area contributed by atoms with E-state index in [9.17, 15) is 19.2 Å². The second kappa shape index (κ2) is 9.24. The Morgan fingerprint density at radius 1 is 1.26 bits per heavy atom. The maximum Gasteiger partial charge on any atom is 0.330 e. The minimum atomic E-state index is -0.645. The first-order valence-electron chi connectivity index (χ1n) is 9.35. The summed E-state index contributed by atoms with van der Waals surface area (Å²) in [6.07, 6.45) is 4.06. The molecule has 150 valence electrons. The molecule has 0 aliphatic heterocycles. The topological polar surface area (TPSA) is 142 Å². The summed E-state index contributed by atoms with van der Waals surface area (Å²) in [7, 11) is 0. The van der Waals surface area contributed by atoms with Crippen molar-refractivity contribution in [1.82, 2.24) is 20.2 Å². The van der Waals surface area contributed by atoms with E-state index in [2.05, 4.69) is 15.6 Å². The van der Waals surface area contributed by atoms with Crippen LogP contribution in [0.3, 0.4) is 0 Å². The number of aromatic nitrogens is 2. The average Bonchev–Trinajstić information content (AvgIpc) is 3.38. The van der Waals surface area contributed by atoms with E-state index in [1.54, 1.807) is 0 Å². The number of rotatable bonds is 9. The van der Waals surface area contributed by atoms with Gasteiger partial charge in [-0.25, -0.2) is 9.59 Å². The number of aromatic amines is 1. The van der Waals surface area contributed by atoms with Crippen LogP contribution in [-0.2, 0) is 11.3 Å². The van der Waals surface area contributed by atoms with Gasteiger partial charge in [0, 0.05) is 19.1 Å². The average molecular weight is 380 g/mol. The minimum Gasteiger partial charge on any atom is -0.383 e. The molecule has 0 saturated heterocycles. The Labute approximate surface area is 157 Å². The van der Waals surface area contributed by atoms with Crippen LogP contribution >= 0.6 is 0 Å². The number of hydrogen-bond acceptors (Lipinski definition) is 6. The second-order valence-electron chi connectivity index (χ2n) is 6.72. The summed E-state index contributed by atoms with van der Waals surface area (Å²) in [6, 6.07) is -0.418. The van der Waals surface area contributed by atoms with Gasteiger partial charge in [-0.3, -0.25) is 24.5 Å². The lowest BCUT2D eigenvalue weighted by atomic mass is 10.3. The molecule has 0 aromatic carbocycles. The fourth-order valence-corrected chi connectivity index (χ4v) is 2.75. The number of H-pyrrole nitrogens is 1. The molecule has 1 saturated carbocycles. The third-order valence-electron chi connectivity index (χ3n) is 4.26. The maximum atomic E-state index is 12.4. The van der Waals surface area contributed by atoms with Crippen LogP contribution in [-0.4, -0.2) is 40.6 Å². The van der Waals surface area contributed by atoms with Crippen LogP contribution in [0.5, 0.6) is 0 Å². The molecule has 10 heteroatoms. The van der Waals surface area contributed by atoms with Gasteiger partial charge in [-0.1, -0.05) is 20.3 Å². The quantitative estimate of drug-likeness (QED) is 0.479. The van der Waals surface area contributed by atoms with Gasteiger partial charge in [-0.15, -0.1) is 0 Å². The number of urea groups is 1. The predicted molar refractivity (Wildman–Crippen MR) is 103 cm³/mol. The molecule has 3 amide bonds. The fourth-order valence-electron chi connectivity index (χ4n) is 2.75. The van der Waals surface area contributed by atoms with E-state index in [-0.39, 0.29) is 24.1 Å². The number of unbranched alkanes of at least 4 members (excludes halogenated alkanes) is 1. The van der Waals surface area contributed by atoms with Crippen molar-refractivity contribution in [2.24, 2.45) is 0 Å². The van der Waals surface area contributed by atoms with Crippen molar-refractivity contribution in [3.63, 3.8) is 0 Å². The van der Waals surface area contributed by atoms with E-state index in [1.807, 2.05) is 13.8 Å². The van der Waals surface area contributed by atoms with Crippen LogP contribution < -0.4 is 32.5 Å². The van der Waals surface area contributed by atoms with Crippen molar-refractivity contribution in [3.8, 4) is 0 Å². The van der Waals surface area contributed by atoms with E-state index >= 15 is 0 Å². The first kappa shape index (κ1) is 20.5. The van der Waals surface area contributed by atoms with Crippen LogP contribution in [0.15, 0.2) is 9.59 Å². The molecule has 1 aromatic heterocycles. The van der Waals surface area contributed by atoms with Gasteiger partial charge >= 0.3 is 11.7 Å². The first-order chi connectivity index (χ1) is 12.9. The summed E-state index contributed by atoms with van der Waals surface area (Å²) in [4.78, 5) is 52.1. The molecule has 1 aliphatic rings. The van der Waals surface area contributed by atoms with E-state index in [0.717, 1.165) is 25.7 Å². The van der Waals surface area contributed by atoms with Gasteiger partial charge in [-0.2, -0.15) is 0 Å². The number of nitrogen functional groups attached to an aromatic ring is 1. The number of nitrogens with zero attached hydrogens (tertiary/aromatic N) is 2. The number of carbonyl (C=O) groups excluding carboxylic acids is 2. The molecule has 0 bridgehead atoms. The Bertz CT molecular complexity index is 796. The Morgan fingerprint density at radius 2 is 1.96 bits per heavy atom. The van der Waals surface area contributed by atoms with Gasteiger partial charge in [0.25, 0.3) is 5.56 Å². The van der Waals surface area contributed by atoms with Crippen LogP contribution in [0.2, 0.25) is 0 Å². The monoisotopic (exact) mass is 380 g/mol. The highest BCUT2D eigenvalue weighted by Gasteiger charge is 2.25. The zero-order chi connectivity index (χ0) is 20.0. The second-order valence-corrected chi connectivity index (χ2v) is 6.72. The van der Waals surface area contributed by atoms with Crippen molar-refractivity contribution in [3.05, 3.63) is 20.8 Å². The Kier molecular flexibility index (Phi) is 7.03. The smallest absolute Gasteiger partial charge is 0.330 e. The molecular formula is C17H28N6O4. The summed E-state index contributed by atoms with van der Waals surface area (Å²) in [5.41, 5.74) is 4.96. The van der Waals surface area contributed by atoms with E-state index in [4.69, 9.17) is 5.73 Å². The summed E-state index contributed by atoms with van der Waals surface area (Å²) >= 11 is 0. The van der Waals surface area contributed by atoms with Crippen LogP contribution in [0.1, 0.15) is 46.0 Å². The summed E-state index contributed by atoms with van der Waals surface area (Å²) in [5.74, 6) is -0.521. The Morgan fingerprint density at radius 3 is 2.56 bits per heavy atom. The van der Waals surface area contributed by atoms with Crippen molar-refractivity contribution in [2.75, 3.05) is 23.7 Å². The lowest BCUT2D eigenvalue weighted by Gasteiger charge is -2.25. The number of anilines is 2. The number of hydrogen-bond donors (Lipinski definition) is 4. The van der Waals surface area contributed by atoms with Gasteiger partial charge in [-0.05, 0) is 25.7 Å². The number of carbonyl (C=O) groups is 2. The third kappa shape index (κ3) is 5.60. The van der Waals surface area contributed by atoms with Gasteiger partial charge in [0.2, 0.25) is 5.91 Å². The van der Waals surface area contributed by atoms with Gasteiger partial charge in [0.1, 0.15) is 11.5 Å². The Balaban J connectivity index is 2.21. The number of nitrogens with one attached hydrogen (secondary N) is 3. The first-order valence-corrected chi connectivity index (χ1v) is 9.35. The summed E-state index contributed by atoms with van der Waals surface area (Å²) < 4.78 is 1.31. The van der Waals surface area contributed by atoms with Crippen molar-refractivity contribution < 1.29 is 9.59 Å². The fraction of sp³-hybridized carbons (Fsp3) is 0.647. The van der Waals surface area contributed by atoms with E-state index in [0.29, 0.717) is 19.5 Å². The molecule has 0 atom stereocenters. The third-order valence-corrected chi connectivity index (χ3v) is 4.26. The van der Waals surface area contributed by atoms with Gasteiger partial charge in [0.15, 0.2) is 0 Å². The van der Waals surface area contributed by atoms with Gasteiger partial charge < -0.3 is 16.0 Å². The number of amides is 3. The highest BCUT2D eigenvalue weighted by molar-refractivity contribution is 5.96. The molecule has 0 radical (unpaired) electrons. The molecule has 1 fully saturated rings. The molecule has 0 spiro atoms. The largest absolute Gasteiger partial charge is 0.383 e. The van der Waals surface area contributed by atoms with Gasteiger partial charge in [0.05, 0.1) is 6.54 Å². The number of nitrogens with two attached hydrogens (primary N) is 1. The lowest BCUT2D eigenvalue weighted by molar-refractivity contribution is -0.118. The molecule has 0 unspecified atom stereocenters. The number of imide groups is 1. The van der Waals surface area contributed by atoms with Crippen molar-refractivity contribution in [2.45, 2.75) is 58.5 Å². The molecule has 1 aromatic rings. The Hall–Kier alpha value is -2.78. The molecule has 1 aliphatic carbocycles. The summed E-state index contributed by atoms with van der Waals surface area (Å²) in [6.45, 7) is 4.40. The molecule has 1 heterocycles. The van der Waals surface area contributed by atoms with E-state index < -0.39 is 23.2 Å². The highest BCUT2D eigenvalue weighted by atomic mass is 16.2. The normalized spacial score (nSPS) is 13.3. The van der Waals surface area contributed by atoms with Crippen LogP contribution in [0.25, 0.3) is 0 Å². The minimum absolute atomic E-state index is 0.0286. The molecular weight excluding hydrogens is 352 g/mol. The van der Waals surface area contributed by atoms with Crippen molar-refractivity contribution >= 4 is 23.4 Å². The maximum absolute atomic E-state index is 12.4.